The van der Waals surface area contributed by atoms with Gasteiger partial charge in [-0.1, -0.05) is 23.7 Å². The van der Waals surface area contributed by atoms with Gasteiger partial charge in [0.25, 0.3) is 5.91 Å². The third-order valence-electron chi connectivity index (χ3n) is 2.91. The summed E-state index contributed by atoms with van der Waals surface area (Å²) in [6.07, 6.45) is 1.55. The molecule has 104 valence electrons. The Morgan fingerprint density at radius 1 is 1.25 bits per heavy atom. The summed E-state index contributed by atoms with van der Waals surface area (Å²) in [5.74, 6) is -0.222. The van der Waals surface area contributed by atoms with Crippen LogP contribution in [0.5, 0.6) is 0 Å². The largest absolute Gasteiger partial charge is 0.378 e. The van der Waals surface area contributed by atoms with Crippen LogP contribution in [0.4, 0.5) is 5.69 Å². The Morgan fingerprint density at radius 2 is 1.95 bits per heavy atom. The van der Waals surface area contributed by atoms with E-state index in [0.29, 0.717) is 12.1 Å². The molecule has 0 aliphatic heterocycles. The van der Waals surface area contributed by atoms with Gasteiger partial charge in [-0.3, -0.25) is 4.79 Å². The fourth-order valence-electron chi connectivity index (χ4n) is 1.74. The molecule has 0 unspecified atom stereocenters. The number of amides is 1. The summed E-state index contributed by atoms with van der Waals surface area (Å²) in [6, 6.07) is 11.3. The second kappa shape index (κ2) is 6.39. The molecule has 0 spiro atoms. The summed E-state index contributed by atoms with van der Waals surface area (Å²) in [7, 11) is 3.97. The third kappa shape index (κ3) is 3.48. The van der Waals surface area contributed by atoms with E-state index >= 15 is 0 Å². The van der Waals surface area contributed by atoms with Crippen LogP contribution in [0.1, 0.15) is 15.9 Å². The number of rotatable bonds is 4. The first-order valence-corrected chi connectivity index (χ1v) is 6.60. The molecule has 2 rings (SSSR count). The molecule has 1 N–H and O–H groups in total. The molecule has 0 aliphatic rings. The molecular formula is C15H16ClN3O. The summed E-state index contributed by atoms with van der Waals surface area (Å²) >= 11 is 5.88. The molecule has 1 aromatic carbocycles. The van der Waals surface area contributed by atoms with Gasteiger partial charge >= 0.3 is 0 Å². The van der Waals surface area contributed by atoms with Crippen molar-refractivity contribution >= 4 is 23.2 Å². The van der Waals surface area contributed by atoms with E-state index in [4.69, 9.17) is 11.6 Å². The third-order valence-corrected chi connectivity index (χ3v) is 3.21. The van der Waals surface area contributed by atoms with Crippen molar-refractivity contribution < 1.29 is 4.79 Å². The normalized spacial score (nSPS) is 10.2. The minimum Gasteiger partial charge on any atom is -0.378 e. The number of anilines is 1. The number of halogens is 1. The van der Waals surface area contributed by atoms with Gasteiger partial charge in [0.2, 0.25) is 0 Å². The van der Waals surface area contributed by atoms with Gasteiger partial charge in [0.05, 0.1) is 5.56 Å². The molecule has 1 aromatic heterocycles. The lowest BCUT2D eigenvalue weighted by Gasteiger charge is -2.13. The Balaban J connectivity index is 1.98. The number of aromatic nitrogens is 1. The van der Waals surface area contributed by atoms with Gasteiger partial charge in [-0.15, -0.1) is 0 Å². The van der Waals surface area contributed by atoms with Crippen LogP contribution >= 0.6 is 11.6 Å². The summed E-state index contributed by atoms with van der Waals surface area (Å²) in [5.41, 5.74) is 2.54. The average Bonchev–Trinajstić information content (AvgIpc) is 2.45. The SMILES string of the molecule is CN(C)c1ccc(CNC(=O)c2cccnc2Cl)cc1. The maximum Gasteiger partial charge on any atom is 0.254 e. The quantitative estimate of drug-likeness (QED) is 0.880. The molecule has 0 radical (unpaired) electrons. The Hall–Kier alpha value is -2.07. The first-order valence-electron chi connectivity index (χ1n) is 6.23. The molecule has 1 heterocycles. The van der Waals surface area contributed by atoms with Crippen molar-refractivity contribution in [1.29, 1.82) is 0 Å². The Morgan fingerprint density at radius 3 is 2.55 bits per heavy atom. The highest BCUT2D eigenvalue weighted by molar-refractivity contribution is 6.32. The maximum absolute atomic E-state index is 12.0. The van der Waals surface area contributed by atoms with E-state index in [9.17, 15) is 4.79 Å². The lowest BCUT2D eigenvalue weighted by molar-refractivity contribution is 0.0950. The predicted octanol–water partition coefficient (Wildman–Crippen LogP) is 2.73. The number of carbonyl (C=O) groups excluding carboxylic acids is 1. The Labute approximate surface area is 123 Å². The Kier molecular flexibility index (Phi) is 4.58. The van der Waals surface area contributed by atoms with Crippen molar-refractivity contribution in [2.45, 2.75) is 6.54 Å². The molecule has 0 atom stereocenters. The molecule has 0 saturated heterocycles. The highest BCUT2D eigenvalue weighted by Crippen LogP contribution is 2.13. The van der Waals surface area contributed by atoms with Crippen LogP contribution in [0.2, 0.25) is 5.15 Å². The zero-order valence-electron chi connectivity index (χ0n) is 11.4. The van der Waals surface area contributed by atoms with Crippen molar-refractivity contribution in [2.75, 3.05) is 19.0 Å². The highest BCUT2D eigenvalue weighted by Gasteiger charge is 2.09. The van der Waals surface area contributed by atoms with Crippen LogP contribution in [0, 0.1) is 0 Å². The molecule has 1 amide bonds. The lowest BCUT2D eigenvalue weighted by atomic mass is 10.2. The van der Waals surface area contributed by atoms with Crippen molar-refractivity contribution in [1.82, 2.24) is 10.3 Å². The van der Waals surface area contributed by atoms with Gasteiger partial charge in [0, 0.05) is 32.5 Å². The second-order valence-electron chi connectivity index (χ2n) is 4.59. The van der Waals surface area contributed by atoms with Crippen LogP contribution in [0.3, 0.4) is 0 Å². The summed E-state index contributed by atoms with van der Waals surface area (Å²) < 4.78 is 0. The van der Waals surface area contributed by atoms with Crippen molar-refractivity contribution in [2.24, 2.45) is 0 Å². The van der Waals surface area contributed by atoms with E-state index in [2.05, 4.69) is 10.3 Å². The Bertz CT molecular complexity index is 596. The lowest BCUT2D eigenvalue weighted by Crippen LogP contribution is -2.23. The van der Waals surface area contributed by atoms with Crippen molar-refractivity contribution in [3.05, 3.63) is 58.9 Å². The first-order chi connectivity index (χ1) is 9.58. The highest BCUT2D eigenvalue weighted by atomic mass is 35.5. The molecule has 2 aromatic rings. The molecule has 0 bridgehead atoms. The monoisotopic (exact) mass is 289 g/mol. The molecule has 5 heteroatoms. The average molecular weight is 290 g/mol. The van der Waals surface area contributed by atoms with Gasteiger partial charge in [-0.05, 0) is 29.8 Å². The number of benzene rings is 1. The minimum absolute atomic E-state index is 0.216. The van der Waals surface area contributed by atoms with E-state index in [1.807, 2.05) is 43.3 Å². The predicted molar refractivity (Wildman–Crippen MR) is 81.2 cm³/mol. The number of pyridine rings is 1. The molecule has 4 nitrogen and oxygen atoms in total. The minimum atomic E-state index is -0.222. The van der Waals surface area contributed by atoms with E-state index in [-0.39, 0.29) is 11.1 Å². The van der Waals surface area contributed by atoms with E-state index < -0.39 is 0 Å². The van der Waals surface area contributed by atoms with Crippen LogP contribution < -0.4 is 10.2 Å². The first kappa shape index (κ1) is 14.3. The van der Waals surface area contributed by atoms with Crippen LogP contribution in [0.25, 0.3) is 0 Å². The molecule has 0 fully saturated rings. The molecule has 0 aliphatic carbocycles. The van der Waals surface area contributed by atoms with Crippen LogP contribution in [0.15, 0.2) is 42.6 Å². The van der Waals surface area contributed by atoms with Gasteiger partial charge in [0.1, 0.15) is 5.15 Å². The zero-order chi connectivity index (χ0) is 14.5. The van der Waals surface area contributed by atoms with E-state index in [1.165, 1.54) is 0 Å². The van der Waals surface area contributed by atoms with Crippen LogP contribution in [-0.4, -0.2) is 25.0 Å². The fraction of sp³-hybridized carbons (Fsp3) is 0.200. The van der Waals surface area contributed by atoms with Gasteiger partial charge < -0.3 is 10.2 Å². The molecule has 0 saturated carbocycles. The zero-order valence-corrected chi connectivity index (χ0v) is 12.2. The van der Waals surface area contributed by atoms with Gasteiger partial charge in [-0.25, -0.2) is 4.98 Å². The van der Waals surface area contributed by atoms with Gasteiger partial charge in [-0.2, -0.15) is 0 Å². The van der Waals surface area contributed by atoms with Gasteiger partial charge in [0.15, 0.2) is 0 Å². The maximum atomic E-state index is 12.0. The summed E-state index contributed by atoms with van der Waals surface area (Å²) in [4.78, 5) is 17.9. The smallest absolute Gasteiger partial charge is 0.254 e. The number of hydrogen-bond donors (Lipinski definition) is 1. The number of hydrogen-bond acceptors (Lipinski definition) is 3. The van der Waals surface area contributed by atoms with E-state index in [1.54, 1.807) is 18.3 Å². The van der Waals surface area contributed by atoms with Crippen molar-refractivity contribution in [3.8, 4) is 0 Å². The van der Waals surface area contributed by atoms with Crippen LogP contribution in [-0.2, 0) is 6.54 Å². The number of nitrogens with zero attached hydrogens (tertiary/aromatic N) is 2. The van der Waals surface area contributed by atoms with Crippen molar-refractivity contribution in [3.63, 3.8) is 0 Å². The number of carbonyl (C=O) groups is 1. The standard InChI is InChI=1S/C15H16ClN3O/c1-19(2)12-7-5-11(6-8-12)10-18-15(20)13-4-3-9-17-14(13)16/h3-9H,10H2,1-2H3,(H,18,20). The fourth-order valence-corrected chi connectivity index (χ4v) is 1.95. The second-order valence-corrected chi connectivity index (χ2v) is 4.94. The summed E-state index contributed by atoms with van der Waals surface area (Å²) in [6.45, 7) is 0.456. The molecular weight excluding hydrogens is 274 g/mol. The molecule has 20 heavy (non-hydrogen) atoms. The van der Waals surface area contributed by atoms with E-state index in [0.717, 1.165) is 11.3 Å². The summed E-state index contributed by atoms with van der Waals surface area (Å²) in [5, 5.41) is 3.04. The topological polar surface area (TPSA) is 45.2 Å². The number of nitrogens with one attached hydrogen (secondary N) is 1.